The smallest absolute Gasteiger partial charge is 0.252 e. The Bertz CT molecular complexity index is 5900. The summed E-state index contributed by atoms with van der Waals surface area (Å²) in [6, 6.07) is 97.4. The van der Waals surface area contributed by atoms with Crippen LogP contribution >= 0.6 is 11.3 Å². The van der Waals surface area contributed by atoms with Crippen molar-refractivity contribution in [1.29, 1.82) is 0 Å². The summed E-state index contributed by atoms with van der Waals surface area (Å²) >= 11 is 1.88. The number of rotatable bonds is 5. The average molecular weight is 1110 g/mol. The molecule has 0 saturated heterocycles. The lowest BCUT2D eigenvalue weighted by Gasteiger charge is -2.44. The van der Waals surface area contributed by atoms with Crippen LogP contribution in [0.5, 0.6) is 0 Å². The van der Waals surface area contributed by atoms with E-state index in [1.54, 1.807) is 0 Å². The van der Waals surface area contributed by atoms with Crippen molar-refractivity contribution in [2.45, 2.75) is 0 Å². The standard InChI is InChI=1S/C78H44BN3O3S/c1-3-17-45(18-4-1)47-33-37-68-56(39-47)74-63(27-15-30-70(74)83-68)81-62-36-35-49(80-60-25-11-7-21-50(60)51-22-8-12-26-61(51)80)41-58(62)79-59-44-72-54(52-23-9-13-29-67(52)85-72)42-65(59)82(77-76(79)66(81)43-55-53-24-10-14-32-73(53)86-78(55)77)64-28-16-31-71-75(64)57-40-48(34-38-69(57)84-71)46-19-5-2-6-20-46/h1-44H. The summed E-state index contributed by atoms with van der Waals surface area (Å²) < 4.78 is 25.8. The van der Waals surface area contributed by atoms with Crippen molar-refractivity contribution in [2.75, 3.05) is 9.80 Å². The second-order valence-corrected chi connectivity index (χ2v) is 24.1. The fourth-order valence-electron chi connectivity index (χ4n) is 14.9. The van der Waals surface area contributed by atoms with Crippen molar-refractivity contribution >= 4 is 176 Å². The first-order valence-corrected chi connectivity index (χ1v) is 30.1. The van der Waals surface area contributed by atoms with Gasteiger partial charge in [0.15, 0.2) is 0 Å². The van der Waals surface area contributed by atoms with Crippen molar-refractivity contribution in [3.63, 3.8) is 0 Å². The molecule has 13 aromatic carbocycles. The van der Waals surface area contributed by atoms with Gasteiger partial charge in [0.2, 0.25) is 0 Å². The molecule has 8 heteroatoms. The normalized spacial score (nSPS) is 13.0. The van der Waals surface area contributed by atoms with Crippen LogP contribution in [0, 0.1) is 0 Å². The van der Waals surface area contributed by atoms with Crippen molar-refractivity contribution in [3.8, 4) is 27.9 Å². The second kappa shape index (κ2) is 17.3. The molecule has 2 aliphatic heterocycles. The Balaban J connectivity index is 0.960. The minimum absolute atomic E-state index is 0.271. The quantitative estimate of drug-likeness (QED) is 0.161. The predicted molar refractivity (Wildman–Crippen MR) is 360 cm³/mol. The van der Waals surface area contributed by atoms with Gasteiger partial charge in [0, 0.05) is 70.5 Å². The van der Waals surface area contributed by atoms with E-state index < -0.39 is 0 Å². The first-order valence-electron chi connectivity index (χ1n) is 29.3. The lowest BCUT2D eigenvalue weighted by atomic mass is 9.33. The molecule has 0 amide bonds. The highest BCUT2D eigenvalue weighted by atomic mass is 32.1. The molecule has 0 aliphatic carbocycles. The van der Waals surface area contributed by atoms with Crippen molar-refractivity contribution in [3.05, 3.63) is 267 Å². The highest BCUT2D eigenvalue weighted by Crippen LogP contribution is 2.55. The molecule has 20 rings (SSSR count). The molecule has 0 fully saturated rings. The molecule has 18 aromatic rings. The molecule has 0 spiro atoms. The molecule has 2 aliphatic rings. The number of aromatic nitrogens is 1. The van der Waals surface area contributed by atoms with Crippen molar-refractivity contribution in [1.82, 2.24) is 4.57 Å². The third kappa shape index (κ3) is 6.34. The number of hydrogen-bond acceptors (Lipinski definition) is 6. The summed E-state index contributed by atoms with van der Waals surface area (Å²) in [4.78, 5) is 5.18. The van der Waals surface area contributed by atoms with Crippen LogP contribution < -0.4 is 26.2 Å². The van der Waals surface area contributed by atoms with Crippen LogP contribution in [-0.4, -0.2) is 11.3 Å². The number of benzene rings is 13. The molecule has 0 saturated carbocycles. The molecule has 0 bridgehead atoms. The number of para-hydroxylation sites is 3. The van der Waals surface area contributed by atoms with Crippen LogP contribution in [0.15, 0.2) is 280 Å². The summed E-state index contributed by atoms with van der Waals surface area (Å²) in [5.41, 5.74) is 23.1. The number of fused-ring (bicyclic) bond motifs is 20. The summed E-state index contributed by atoms with van der Waals surface area (Å²) in [5.74, 6) is 0. The van der Waals surface area contributed by atoms with Gasteiger partial charge in [0.1, 0.15) is 33.5 Å². The fourth-order valence-corrected chi connectivity index (χ4v) is 16.1. The zero-order valence-electron chi connectivity index (χ0n) is 46.0. The van der Waals surface area contributed by atoms with Crippen molar-refractivity contribution in [2.24, 2.45) is 0 Å². The maximum atomic E-state index is 6.99. The van der Waals surface area contributed by atoms with E-state index in [0.717, 1.165) is 144 Å². The molecule has 7 heterocycles. The maximum Gasteiger partial charge on any atom is 0.252 e. The van der Waals surface area contributed by atoms with Gasteiger partial charge in [-0.2, -0.15) is 0 Å². The number of furan rings is 3. The summed E-state index contributed by atoms with van der Waals surface area (Å²) in [6.45, 7) is -0.271. The highest BCUT2D eigenvalue weighted by Gasteiger charge is 2.46. The van der Waals surface area contributed by atoms with E-state index >= 15 is 0 Å². The Hall–Kier alpha value is -11.1. The van der Waals surface area contributed by atoms with Gasteiger partial charge < -0.3 is 27.6 Å². The molecule has 6 nitrogen and oxygen atoms in total. The van der Waals surface area contributed by atoms with E-state index in [-0.39, 0.29) is 6.71 Å². The van der Waals surface area contributed by atoms with Gasteiger partial charge in [-0.3, -0.25) is 0 Å². The molecule has 0 unspecified atom stereocenters. The lowest BCUT2D eigenvalue weighted by Crippen LogP contribution is -2.61. The topological polar surface area (TPSA) is 50.8 Å². The average Bonchev–Trinajstić information content (AvgIpc) is 1.08. The van der Waals surface area contributed by atoms with Gasteiger partial charge in [-0.05, 0) is 148 Å². The first-order chi connectivity index (χ1) is 42.6. The highest BCUT2D eigenvalue weighted by molar-refractivity contribution is 7.26. The first kappa shape index (κ1) is 46.4. The Morgan fingerprint density at radius 3 is 1.51 bits per heavy atom. The zero-order chi connectivity index (χ0) is 55.9. The van der Waals surface area contributed by atoms with E-state index in [9.17, 15) is 0 Å². The van der Waals surface area contributed by atoms with Gasteiger partial charge in [-0.1, -0.05) is 158 Å². The Kier molecular flexibility index (Phi) is 9.32. The zero-order valence-corrected chi connectivity index (χ0v) is 46.8. The van der Waals surface area contributed by atoms with E-state index in [0.29, 0.717) is 0 Å². The summed E-state index contributed by atoms with van der Waals surface area (Å²) in [7, 11) is 0. The second-order valence-electron chi connectivity index (χ2n) is 23.0. The van der Waals surface area contributed by atoms with E-state index in [2.05, 4.69) is 281 Å². The largest absolute Gasteiger partial charge is 0.456 e. The van der Waals surface area contributed by atoms with Crippen LogP contribution in [0.1, 0.15) is 0 Å². The number of hydrogen-bond donors (Lipinski definition) is 0. The summed E-state index contributed by atoms with van der Waals surface area (Å²) in [6.07, 6.45) is 0. The monoisotopic (exact) mass is 1110 g/mol. The van der Waals surface area contributed by atoms with Gasteiger partial charge >= 0.3 is 0 Å². The molecular weight excluding hydrogens is 1070 g/mol. The minimum atomic E-state index is -0.271. The van der Waals surface area contributed by atoms with Gasteiger partial charge in [-0.25, -0.2) is 0 Å². The van der Waals surface area contributed by atoms with Gasteiger partial charge in [0.25, 0.3) is 6.71 Å². The third-order valence-corrected chi connectivity index (χ3v) is 19.7. The maximum absolute atomic E-state index is 6.99. The van der Waals surface area contributed by atoms with Crippen LogP contribution in [0.2, 0.25) is 0 Å². The number of thiophene rings is 1. The molecule has 398 valence electrons. The molecule has 0 N–H and O–H groups in total. The fraction of sp³-hybridized carbons (Fsp3) is 0. The van der Waals surface area contributed by atoms with E-state index in [1.165, 1.54) is 41.9 Å². The molecular formula is C78H44BN3O3S. The lowest BCUT2D eigenvalue weighted by molar-refractivity contribution is 0.668. The van der Waals surface area contributed by atoms with Gasteiger partial charge in [-0.15, -0.1) is 11.3 Å². The van der Waals surface area contributed by atoms with Crippen LogP contribution in [-0.2, 0) is 0 Å². The third-order valence-electron chi connectivity index (χ3n) is 18.5. The SMILES string of the molecule is c1ccc(-c2ccc3oc4cccc(N5c6ccc(-n7c8ccccc8c8ccccc87)cc6B6c7cc8oc9ccccc9c8cc7N(c7cccc8oc9ccc(-c%10ccccc%10)cc9c78)c7c6c5cc5c7sc6ccccc65)c4c3c2)cc1. The van der Waals surface area contributed by atoms with E-state index in [4.69, 9.17) is 13.3 Å². The van der Waals surface area contributed by atoms with Crippen LogP contribution in [0.25, 0.3) is 136 Å². The Morgan fingerprint density at radius 1 is 0.302 bits per heavy atom. The molecule has 5 aromatic heterocycles. The number of anilines is 6. The Morgan fingerprint density at radius 2 is 0.837 bits per heavy atom. The van der Waals surface area contributed by atoms with E-state index in [1.807, 2.05) is 11.3 Å². The van der Waals surface area contributed by atoms with Gasteiger partial charge in [0.05, 0.1) is 43.6 Å². The van der Waals surface area contributed by atoms with Crippen LogP contribution in [0.4, 0.5) is 34.1 Å². The molecule has 0 radical (unpaired) electrons. The predicted octanol–water partition coefficient (Wildman–Crippen LogP) is 20.3. The molecule has 0 atom stereocenters. The Labute approximate surface area is 495 Å². The molecule has 86 heavy (non-hydrogen) atoms. The summed E-state index contributed by atoms with van der Waals surface area (Å²) in [5, 5.41) is 11.2. The van der Waals surface area contributed by atoms with Crippen molar-refractivity contribution < 1.29 is 13.3 Å². The number of nitrogens with zero attached hydrogens (tertiary/aromatic N) is 3. The minimum Gasteiger partial charge on any atom is -0.456 e. The van der Waals surface area contributed by atoms with Crippen LogP contribution in [0.3, 0.4) is 0 Å².